The summed E-state index contributed by atoms with van der Waals surface area (Å²) in [6.07, 6.45) is 5.37. The van der Waals surface area contributed by atoms with Gasteiger partial charge in [0.25, 0.3) is 0 Å². The first-order chi connectivity index (χ1) is 40.4. The lowest BCUT2D eigenvalue weighted by Gasteiger charge is -2.29. The molecule has 1 aliphatic rings. The van der Waals surface area contributed by atoms with Crippen molar-refractivity contribution in [2.75, 3.05) is 39.3 Å². The zero-order valence-electron chi connectivity index (χ0n) is 51.2. The molecule has 23 N–H and O–H groups in total. The first kappa shape index (κ1) is 76.9. The van der Waals surface area contributed by atoms with E-state index in [0.29, 0.717) is 19.3 Å². The fraction of sp³-hybridized carbons (Fsp3) is 0.804. The van der Waals surface area contributed by atoms with Gasteiger partial charge in [0.2, 0.25) is 65.0 Å². The van der Waals surface area contributed by atoms with Crippen molar-refractivity contribution >= 4 is 65.0 Å². The van der Waals surface area contributed by atoms with Crippen LogP contribution in [0, 0.1) is 5.92 Å². The van der Waals surface area contributed by atoms with Crippen LogP contribution in [0.4, 0.5) is 0 Å². The summed E-state index contributed by atoms with van der Waals surface area (Å²) in [6.45, 7) is 9.08. The molecular weight excluding hydrogens is 1100 g/mol. The van der Waals surface area contributed by atoms with Crippen LogP contribution >= 0.6 is 0 Å². The average Bonchev–Trinajstić information content (AvgIpc) is 3.54. The molecule has 0 aromatic carbocycles. The first-order valence-electron chi connectivity index (χ1n) is 30.6. The summed E-state index contributed by atoms with van der Waals surface area (Å²) in [6, 6.07) is -14.4. The zero-order chi connectivity index (χ0) is 64.0. The molecule has 1 aliphatic heterocycles. The molecule has 85 heavy (non-hydrogen) atoms. The lowest BCUT2D eigenvalue weighted by Crippen LogP contribution is -2.62. The first-order valence-corrected chi connectivity index (χ1v) is 30.6. The Morgan fingerprint density at radius 3 is 1.40 bits per heavy atom. The molecule has 1 saturated heterocycles. The van der Waals surface area contributed by atoms with E-state index < -0.39 is 151 Å². The van der Waals surface area contributed by atoms with Crippen LogP contribution in [0.3, 0.4) is 0 Å². The number of nitrogens with two attached hydrogens (primary N) is 5. The minimum atomic E-state index is -1.69. The number of hydrogen-bond donors (Lipinski definition) is 18. The Hall–Kier alpha value is -6.11. The van der Waals surface area contributed by atoms with Crippen molar-refractivity contribution in [2.45, 2.75) is 243 Å². The zero-order valence-corrected chi connectivity index (χ0v) is 51.2. The second-order valence-corrected chi connectivity index (χ2v) is 22.3. The standard InChI is InChI=1S/C56H106N16O13/c1-7-9-11-13-15-16-18-36-47(76)70-43(32-33(3)4)54(83)67-39(22-28-59)49(78)66-41(24-30-61)53(82)71-45(34(5)73)55(84)62-31-25-42(51(80)65-38(21-27-58)48(77)64-36)68-50(79)40(23-29-60)69-56(85)46(35(6)74)72-52(81)37(20-26-57)63-44(75)19-17-14-12-10-8-2/h33-43,45-46,73-74H,7-32,57-61H2,1-6H3,(H,62,84)(H,63,75)(H,64,77)(H,65,80)(H,66,78)(H,67,83)(H,68,79)(H,69,85)(H,70,76)(H,71,82)(H,72,81)/t34?,35?,36-,37+,38+,39+,40+,41+,42+,43+,45+,46+/m1/s1. The molecule has 0 spiro atoms. The van der Waals surface area contributed by atoms with Gasteiger partial charge in [-0.2, -0.15) is 0 Å². The summed E-state index contributed by atoms with van der Waals surface area (Å²) in [7, 11) is 0. The molecule has 0 bridgehead atoms. The van der Waals surface area contributed by atoms with Crippen LogP contribution in [0.1, 0.15) is 170 Å². The summed E-state index contributed by atoms with van der Waals surface area (Å²) in [5.74, 6) is -9.64. The topological polar surface area (TPSA) is 491 Å². The maximum absolute atomic E-state index is 14.5. The fourth-order valence-corrected chi connectivity index (χ4v) is 9.37. The number of nitrogens with one attached hydrogen (secondary N) is 11. The van der Waals surface area contributed by atoms with Crippen LogP contribution in [0.15, 0.2) is 0 Å². The highest BCUT2D eigenvalue weighted by Crippen LogP contribution is 2.13. The highest BCUT2D eigenvalue weighted by molar-refractivity contribution is 5.99. The number of hydrogen-bond acceptors (Lipinski definition) is 18. The molecule has 12 atom stereocenters. The number of carbonyl (C=O) groups is 11. The Morgan fingerprint density at radius 1 is 0.494 bits per heavy atom. The molecule has 29 heteroatoms. The molecule has 488 valence electrons. The van der Waals surface area contributed by atoms with Crippen molar-refractivity contribution in [2.24, 2.45) is 34.6 Å². The van der Waals surface area contributed by atoms with Gasteiger partial charge >= 0.3 is 0 Å². The van der Waals surface area contributed by atoms with Gasteiger partial charge < -0.3 is 97.4 Å². The highest BCUT2D eigenvalue weighted by atomic mass is 16.3. The van der Waals surface area contributed by atoms with Crippen LogP contribution in [0.5, 0.6) is 0 Å². The molecule has 0 aliphatic carbocycles. The van der Waals surface area contributed by atoms with E-state index in [9.17, 15) is 63.0 Å². The van der Waals surface area contributed by atoms with Gasteiger partial charge in [-0.05, 0) is 110 Å². The smallest absolute Gasteiger partial charge is 0.245 e. The maximum Gasteiger partial charge on any atom is 0.245 e. The number of rotatable bonds is 34. The van der Waals surface area contributed by atoms with Crippen LogP contribution in [0.25, 0.3) is 0 Å². The molecule has 0 radical (unpaired) electrons. The van der Waals surface area contributed by atoms with Gasteiger partial charge in [0.15, 0.2) is 0 Å². The lowest BCUT2D eigenvalue weighted by molar-refractivity contribution is -0.137. The lowest BCUT2D eigenvalue weighted by atomic mass is 10.00. The van der Waals surface area contributed by atoms with Crippen LogP contribution in [0.2, 0.25) is 0 Å². The summed E-state index contributed by atoms with van der Waals surface area (Å²) >= 11 is 0. The van der Waals surface area contributed by atoms with E-state index in [1.807, 2.05) is 0 Å². The van der Waals surface area contributed by atoms with Crippen molar-refractivity contribution in [3.8, 4) is 0 Å². The van der Waals surface area contributed by atoms with Gasteiger partial charge in [-0.3, -0.25) is 52.7 Å². The largest absolute Gasteiger partial charge is 0.391 e. The number of unbranched alkanes of at least 4 members (excludes halogenated alkanes) is 9. The maximum atomic E-state index is 14.5. The van der Waals surface area contributed by atoms with Crippen molar-refractivity contribution in [1.29, 1.82) is 0 Å². The predicted octanol–water partition coefficient (Wildman–Crippen LogP) is -3.98. The van der Waals surface area contributed by atoms with E-state index in [0.717, 1.165) is 51.4 Å². The van der Waals surface area contributed by atoms with Gasteiger partial charge in [-0.1, -0.05) is 91.9 Å². The molecule has 1 fully saturated rings. The van der Waals surface area contributed by atoms with E-state index in [1.165, 1.54) is 13.8 Å². The minimum absolute atomic E-state index is 0.00888. The Bertz CT molecular complexity index is 2090. The van der Waals surface area contributed by atoms with E-state index in [4.69, 9.17) is 28.7 Å². The molecule has 2 unspecified atom stereocenters. The van der Waals surface area contributed by atoms with E-state index >= 15 is 0 Å². The normalized spacial score (nSPS) is 22.6. The summed E-state index contributed by atoms with van der Waals surface area (Å²) in [4.78, 5) is 154. The quantitative estimate of drug-likeness (QED) is 0.0273. The van der Waals surface area contributed by atoms with E-state index in [2.05, 4.69) is 72.3 Å². The van der Waals surface area contributed by atoms with Crippen LogP contribution in [-0.4, -0.2) is 187 Å². The van der Waals surface area contributed by atoms with Crippen molar-refractivity contribution in [3.05, 3.63) is 0 Å². The number of carbonyl (C=O) groups excluding carboxylic acids is 11. The van der Waals surface area contributed by atoms with E-state index in [-0.39, 0.29) is 90.0 Å². The SMILES string of the molecule is CCCCCCCC[C@H]1NC(=O)[C@H](CCN)NC(=O)[C@@H](NC(=O)[C@H](CCN)NC(=O)[C@@H](NC(=O)[C@H](CCN)NC(=O)CCCCCCC)C(C)O)CCNC(=O)[C@H](C(C)O)NC(=O)[C@H](CCN)NC(=O)[C@H](CCN)NC(=O)[C@H](CC(C)C)NC1=O. The van der Waals surface area contributed by atoms with Gasteiger partial charge in [0, 0.05) is 13.0 Å². The van der Waals surface area contributed by atoms with Gasteiger partial charge in [0.05, 0.1) is 12.2 Å². The molecular formula is C56H106N16O13. The van der Waals surface area contributed by atoms with Crippen LogP contribution < -0.4 is 87.2 Å². The summed E-state index contributed by atoms with van der Waals surface area (Å²) < 4.78 is 0. The van der Waals surface area contributed by atoms with Gasteiger partial charge in [-0.15, -0.1) is 0 Å². The Balaban J connectivity index is 3.88. The predicted molar refractivity (Wildman–Crippen MR) is 319 cm³/mol. The third-order valence-corrected chi connectivity index (χ3v) is 14.3. The number of aliphatic hydroxyl groups excluding tert-OH is 2. The number of aliphatic hydroxyl groups is 2. The van der Waals surface area contributed by atoms with Gasteiger partial charge in [-0.25, -0.2) is 0 Å². The average molecular weight is 1210 g/mol. The molecule has 0 aromatic rings. The highest BCUT2D eigenvalue weighted by Gasteiger charge is 2.37. The van der Waals surface area contributed by atoms with E-state index in [1.54, 1.807) is 13.8 Å². The molecule has 1 heterocycles. The molecule has 1 rings (SSSR count). The second kappa shape index (κ2) is 43.5. The van der Waals surface area contributed by atoms with Crippen molar-refractivity contribution in [1.82, 2.24) is 58.5 Å². The molecule has 29 nitrogen and oxygen atoms in total. The number of amides is 11. The Labute approximate surface area is 501 Å². The third-order valence-electron chi connectivity index (χ3n) is 14.3. The van der Waals surface area contributed by atoms with Crippen molar-refractivity contribution in [3.63, 3.8) is 0 Å². The molecule has 11 amide bonds. The summed E-state index contributed by atoms with van der Waals surface area (Å²) in [5.41, 5.74) is 29.4. The van der Waals surface area contributed by atoms with Crippen LogP contribution in [-0.2, 0) is 52.7 Å². The fourth-order valence-electron chi connectivity index (χ4n) is 9.37. The third kappa shape index (κ3) is 30.2. The Kier molecular flexibility index (Phi) is 39.4. The monoisotopic (exact) mass is 1210 g/mol. The van der Waals surface area contributed by atoms with Gasteiger partial charge in [0.1, 0.15) is 60.4 Å². The van der Waals surface area contributed by atoms with Crippen molar-refractivity contribution < 1.29 is 63.0 Å². The second-order valence-electron chi connectivity index (χ2n) is 22.3. The minimum Gasteiger partial charge on any atom is -0.391 e. The molecule has 0 aromatic heterocycles. The summed E-state index contributed by atoms with van der Waals surface area (Å²) in [5, 5.41) is 49.9. The Morgan fingerprint density at radius 2 is 0.929 bits per heavy atom. The molecule has 0 saturated carbocycles.